The van der Waals surface area contributed by atoms with E-state index in [-0.39, 0.29) is 16.4 Å². The number of anilines is 2. The Kier molecular flexibility index (Phi) is 4.29. The van der Waals surface area contributed by atoms with E-state index in [0.29, 0.717) is 22.3 Å². The van der Waals surface area contributed by atoms with Crippen LogP contribution in [0.15, 0.2) is 16.6 Å². The van der Waals surface area contributed by atoms with Gasteiger partial charge < -0.3 is 11.1 Å². The van der Waals surface area contributed by atoms with Crippen molar-refractivity contribution in [3.05, 3.63) is 38.8 Å². The largest absolute Gasteiger partial charge is 0.395 e. The standard InChI is InChI=1S/C12H11BrClFN4O/c1-2-8-9(16)11(19-18-8)12(20)17-10-6(13)3-5(15)4-7(10)14/h3-4H,2,16H2,1H3,(H,17,20)(H,18,19). The van der Waals surface area contributed by atoms with Gasteiger partial charge in [-0.2, -0.15) is 5.10 Å². The molecule has 0 fully saturated rings. The summed E-state index contributed by atoms with van der Waals surface area (Å²) in [5, 5.41) is 9.19. The minimum absolute atomic E-state index is 0.0779. The summed E-state index contributed by atoms with van der Waals surface area (Å²) in [6.07, 6.45) is 0.632. The summed E-state index contributed by atoms with van der Waals surface area (Å²) in [6.45, 7) is 1.89. The minimum Gasteiger partial charge on any atom is -0.395 e. The van der Waals surface area contributed by atoms with Crippen LogP contribution in [0, 0.1) is 5.82 Å². The number of amides is 1. The maximum atomic E-state index is 13.1. The summed E-state index contributed by atoms with van der Waals surface area (Å²) in [7, 11) is 0. The lowest BCUT2D eigenvalue weighted by Gasteiger charge is -2.09. The molecule has 4 N–H and O–H groups in total. The lowest BCUT2D eigenvalue weighted by atomic mass is 10.2. The highest BCUT2D eigenvalue weighted by Crippen LogP contribution is 2.32. The molecule has 0 bridgehead atoms. The van der Waals surface area contributed by atoms with Crippen LogP contribution in [0.1, 0.15) is 23.1 Å². The van der Waals surface area contributed by atoms with Gasteiger partial charge in [0, 0.05) is 4.47 Å². The zero-order valence-electron chi connectivity index (χ0n) is 10.4. The SMILES string of the molecule is CCc1[nH]nc(C(=O)Nc2c(Cl)cc(F)cc2Br)c1N. The Labute approximate surface area is 127 Å². The fourth-order valence-electron chi connectivity index (χ4n) is 1.66. The second-order valence-corrected chi connectivity index (χ2v) is 5.28. The van der Waals surface area contributed by atoms with Crippen LogP contribution in [0.3, 0.4) is 0 Å². The normalized spacial score (nSPS) is 10.6. The van der Waals surface area contributed by atoms with Crippen molar-refractivity contribution in [2.75, 3.05) is 11.1 Å². The summed E-state index contributed by atoms with van der Waals surface area (Å²) < 4.78 is 13.5. The molecule has 2 aromatic rings. The molecule has 8 heteroatoms. The second-order valence-electron chi connectivity index (χ2n) is 4.02. The molecule has 0 spiro atoms. The molecule has 0 radical (unpaired) electrons. The van der Waals surface area contributed by atoms with E-state index in [2.05, 4.69) is 31.4 Å². The average molecular weight is 362 g/mol. The molecule has 1 amide bonds. The first kappa shape index (κ1) is 14.8. The molecule has 0 aliphatic heterocycles. The van der Waals surface area contributed by atoms with Crippen molar-refractivity contribution >= 4 is 44.8 Å². The Morgan fingerprint density at radius 1 is 1.60 bits per heavy atom. The van der Waals surface area contributed by atoms with Crippen LogP contribution >= 0.6 is 27.5 Å². The average Bonchev–Trinajstić information content (AvgIpc) is 2.74. The number of nitrogen functional groups attached to an aromatic ring is 1. The van der Waals surface area contributed by atoms with Crippen LogP contribution in [0.5, 0.6) is 0 Å². The summed E-state index contributed by atoms with van der Waals surface area (Å²) in [4.78, 5) is 12.1. The van der Waals surface area contributed by atoms with Gasteiger partial charge in [-0.25, -0.2) is 4.39 Å². The summed E-state index contributed by atoms with van der Waals surface area (Å²) >= 11 is 9.03. The van der Waals surface area contributed by atoms with Crippen LogP contribution in [0.2, 0.25) is 5.02 Å². The summed E-state index contributed by atoms with van der Waals surface area (Å²) in [5.41, 5.74) is 7.12. The fourth-order valence-corrected chi connectivity index (χ4v) is 2.56. The van der Waals surface area contributed by atoms with Crippen LogP contribution in [-0.2, 0) is 6.42 Å². The number of nitrogens with zero attached hydrogens (tertiary/aromatic N) is 1. The molecular weight excluding hydrogens is 351 g/mol. The zero-order valence-corrected chi connectivity index (χ0v) is 12.8. The van der Waals surface area contributed by atoms with Crippen LogP contribution in [-0.4, -0.2) is 16.1 Å². The molecule has 0 unspecified atom stereocenters. The first-order valence-electron chi connectivity index (χ1n) is 5.72. The van der Waals surface area contributed by atoms with E-state index in [1.165, 1.54) is 6.07 Å². The Bertz CT molecular complexity index is 650. The number of hydrogen-bond acceptors (Lipinski definition) is 3. The number of benzene rings is 1. The molecule has 106 valence electrons. The van der Waals surface area contributed by atoms with Gasteiger partial charge in [-0.3, -0.25) is 9.89 Å². The number of carbonyl (C=O) groups excluding carboxylic acids is 1. The third-order valence-corrected chi connectivity index (χ3v) is 3.62. The van der Waals surface area contributed by atoms with Gasteiger partial charge in [0.2, 0.25) is 0 Å². The van der Waals surface area contributed by atoms with Crippen molar-refractivity contribution in [1.82, 2.24) is 10.2 Å². The number of nitrogens with two attached hydrogens (primary N) is 1. The van der Waals surface area contributed by atoms with Crippen LogP contribution < -0.4 is 11.1 Å². The number of hydrogen-bond donors (Lipinski definition) is 3. The molecule has 5 nitrogen and oxygen atoms in total. The number of aryl methyl sites for hydroxylation is 1. The van der Waals surface area contributed by atoms with Crippen LogP contribution in [0.25, 0.3) is 0 Å². The van der Waals surface area contributed by atoms with Crippen molar-refractivity contribution in [2.45, 2.75) is 13.3 Å². The quantitative estimate of drug-likeness (QED) is 0.784. The Hall–Kier alpha value is -1.60. The number of H-pyrrole nitrogens is 1. The smallest absolute Gasteiger partial charge is 0.278 e. The van der Waals surface area contributed by atoms with Gasteiger partial charge in [0.1, 0.15) is 5.82 Å². The Morgan fingerprint density at radius 2 is 2.30 bits per heavy atom. The lowest BCUT2D eigenvalue weighted by Crippen LogP contribution is -2.15. The predicted octanol–water partition coefficient (Wildman–Crippen LogP) is 3.36. The highest BCUT2D eigenvalue weighted by molar-refractivity contribution is 9.10. The second kappa shape index (κ2) is 5.80. The number of carbonyl (C=O) groups is 1. The predicted molar refractivity (Wildman–Crippen MR) is 79.4 cm³/mol. The topological polar surface area (TPSA) is 83.8 Å². The first-order valence-corrected chi connectivity index (χ1v) is 6.89. The monoisotopic (exact) mass is 360 g/mol. The van der Waals surface area contributed by atoms with Gasteiger partial charge in [-0.05, 0) is 34.5 Å². The van der Waals surface area contributed by atoms with Crippen LogP contribution in [0.4, 0.5) is 15.8 Å². The zero-order chi connectivity index (χ0) is 14.9. The number of nitrogens with one attached hydrogen (secondary N) is 2. The van der Waals surface area contributed by atoms with Crippen molar-refractivity contribution < 1.29 is 9.18 Å². The number of aromatic nitrogens is 2. The molecule has 1 aromatic carbocycles. The molecular formula is C12H11BrClFN4O. The molecule has 0 aliphatic rings. The molecule has 1 heterocycles. The maximum Gasteiger partial charge on any atom is 0.278 e. The van der Waals surface area contributed by atoms with Gasteiger partial charge in [-0.1, -0.05) is 18.5 Å². The number of aromatic amines is 1. The van der Waals surface area contributed by atoms with Crippen molar-refractivity contribution in [3.8, 4) is 0 Å². The van der Waals surface area contributed by atoms with E-state index in [4.69, 9.17) is 17.3 Å². The van der Waals surface area contributed by atoms with E-state index in [9.17, 15) is 9.18 Å². The van der Waals surface area contributed by atoms with Crippen molar-refractivity contribution in [3.63, 3.8) is 0 Å². The van der Waals surface area contributed by atoms with E-state index in [1.807, 2.05) is 6.92 Å². The van der Waals surface area contributed by atoms with Gasteiger partial charge in [-0.15, -0.1) is 0 Å². The molecule has 0 aliphatic carbocycles. The lowest BCUT2D eigenvalue weighted by molar-refractivity contribution is 0.102. The van der Waals surface area contributed by atoms with E-state index in [1.54, 1.807) is 0 Å². The third-order valence-electron chi connectivity index (χ3n) is 2.70. The van der Waals surface area contributed by atoms with Crippen molar-refractivity contribution in [2.24, 2.45) is 0 Å². The van der Waals surface area contributed by atoms with E-state index in [0.717, 1.165) is 6.07 Å². The molecule has 0 saturated carbocycles. The summed E-state index contributed by atoms with van der Waals surface area (Å²) in [5.74, 6) is -1.03. The minimum atomic E-state index is -0.521. The van der Waals surface area contributed by atoms with Gasteiger partial charge >= 0.3 is 0 Å². The molecule has 0 saturated heterocycles. The van der Waals surface area contributed by atoms with Gasteiger partial charge in [0.05, 0.1) is 22.1 Å². The fraction of sp³-hybridized carbons (Fsp3) is 0.167. The number of rotatable bonds is 3. The van der Waals surface area contributed by atoms with Gasteiger partial charge in [0.25, 0.3) is 5.91 Å². The summed E-state index contributed by atoms with van der Waals surface area (Å²) in [6, 6.07) is 2.31. The highest BCUT2D eigenvalue weighted by Gasteiger charge is 2.19. The number of halogens is 3. The van der Waals surface area contributed by atoms with Crippen molar-refractivity contribution in [1.29, 1.82) is 0 Å². The third kappa shape index (κ3) is 2.78. The maximum absolute atomic E-state index is 13.1. The highest BCUT2D eigenvalue weighted by atomic mass is 79.9. The Balaban J connectivity index is 2.30. The molecule has 20 heavy (non-hydrogen) atoms. The van der Waals surface area contributed by atoms with Gasteiger partial charge in [0.15, 0.2) is 5.69 Å². The molecule has 1 aromatic heterocycles. The first-order chi connectivity index (χ1) is 9.43. The van der Waals surface area contributed by atoms with E-state index >= 15 is 0 Å². The molecule has 0 atom stereocenters. The Morgan fingerprint density at radius 3 is 2.85 bits per heavy atom. The van der Waals surface area contributed by atoms with E-state index < -0.39 is 11.7 Å². The molecule has 2 rings (SSSR count).